The predicted octanol–water partition coefficient (Wildman–Crippen LogP) is 0.403. The van der Waals surface area contributed by atoms with Gasteiger partial charge in [-0.25, -0.2) is 0 Å². The van der Waals surface area contributed by atoms with E-state index in [1.165, 1.54) is 5.56 Å². The molecule has 3 heterocycles. The topological polar surface area (TPSA) is 42.9 Å². The first-order valence-corrected chi connectivity index (χ1v) is 9.30. The SMILES string of the molecule is CN1CCN([C@H]2CCN(CC(=O)N(C)C)[C@@H]2Cc2ccncc2)CC1. The van der Waals surface area contributed by atoms with Crippen LogP contribution in [-0.2, 0) is 11.2 Å². The van der Waals surface area contributed by atoms with Crippen molar-refractivity contribution in [3.8, 4) is 0 Å². The Morgan fingerprint density at radius 3 is 2.48 bits per heavy atom. The van der Waals surface area contributed by atoms with E-state index in [4.69, 9.17) is 0 Å². The van der Waals surface area contributed by atoms with Crippen molar-refractivity contribution in [2.24, 2.45) is 0 Å². The number of carbonyl (C=O) groups excluding carboxylic acids is 1. The Bertz CT molecular complexity index is 556. The van der Waals surface area contributed by atoms with Crippen LogP contribution in [0.15, 0.2) is 24.5 Å². The molecule has 6 nitrogen and oxygen atoms in total. The van der Waals surface area contributed by atoms with Gasteiger partial charge in [0.25, 0.3) is 0 Å². The van der Waals surface area contributed by atoms with E-state index in [0.29, 0.717) is 18.6 Å². The lowest BCUT2D eigenvalue weighted by molar-refractivity contribution is -0.130. The van der Waals surface area contributed by atoms with Gasteiger partial charge in [0.05, 0.1) is 6.54 Å². The molecule has 1 aromatic heterocycles. The number of likely N-dealkylation sites (N-methyl/N-ethyl adjacent to an activating group) is 2. The maximum atomic E-state index is 12.3. The van der Waals surface area contributed by atoms with Crippen molar-refractivity contribution in [2.75, 3.05) is 60.4 Å². The number of pyridine rings is 1. The number of aromatic nitrogens is 1. The molecule has 3 rings (SSSR count). The molecule has 2 aliphatic rings. The lowest BCUT2D eigenvalue weighted by Crippen LogP contribution is -2.54. The van der Waals surface area contributed by atoms with E-state index in [1.54, 1.807) is 4.90 Å². The van der Waals surface area contributed by atoms with Crippen molar-refractivity contribution in [1.29, 1.82) is 0 Å². The van der Waals surface area contributed by atoms with E-state index in [9.17, 15) is 4.79 Å². The summed E-state index contributed by atoms with van der Waals surface area (Å²) < 4.78 is 0. The molecule has 2 fully saturated rings. The van der Waals surface area contributed by atoms with Crippen molar-refractivity contribution in [1.82, 2.24) is 24.6 Å². The first-order valence-electron chi connectivity index (χ1n) is 9.30. The molecular formula is C19H31N5O. The summed E-state index contributed by atoms with van der Waals surface area (Å²) in [6, 6.07) is 5.14. The molecule has 0 aliphatic carbocycles. The zero-order chi connectivity index (χ0) is 17.8. The number of nitrogens with zero attached hydrogens (tertiary/aromatic N) is 5. The first kappa shape index (κ1) is 18.3. The lowest BCUT2D eigenvalue weighted by Gasteiger charge is -2.40. The molecule has 0 unspecified atom stereocenters. The second-order valence-corrected chi connectivity index (χ2v) is 7.58. The zero-order valence-electron chi connectivity index (χ0n) is 15.8. The number of hydrogen-bond acceptors (Lipinski definition) is 5. The van der Waals surface area contributed by atoms with Gasteiger partial charge in [-0.15, -0.1) is 0 Å². The zero-order valence-corrected chi connectivity index (χ0v) is 15.8. The standard InChI is InChI=1S/C19H31N5O/c1-21(2)19(25)15-24-9-6-17(23-12-10-22(3)11-13-23)18(24)14-16-4-7-20-8-5-16/h4-5,7-8,17-18H,6,9-15H2,1-3H3/t17-,18+/m0/s1. The molecule has 0 spiro atoms. The number of hydrogen-bond donors (Lipinski definition) is 0. The maximum absolute atomic E-state index is 12.3. The summed E-state index contributed by atoms with van der Waals surface area (Å²) in [5.41, 5.74) is 1.31. The lowest BCUT2D eigenvalue weighted by atomic mass is 9.98. The van der Waals surface area contributed by atoms with E-state index < -0.39 is 0 Å². The molecule has 0 N–H and O–H groups in total. The highest BCUT2D eigenvalue weighted by Gasteiger charge is 2.39. The minimum absolute atomic E-state index is 0.193. The summed E-state index contributed by atoms with van der Waals surface area (Å²) in [6.07, 6.45) is 5.87. The fraction of sp³-hybridized carbons (Fsp3) is 0.684. The van der Waals surface area contributed by atoms with E-state index in [-0.39, 0.29) is 5.91 Å². The highest BCUT2D eigenvalue weighted by molar-refractivity contribution is 5.77. The molecule has 0 aromatic carbocycles. The second-order valence-electron chi connectivity index (χ2n) is 7.58. The van der Waals surface area contributed by atoms with Gasteiger partial charge in [0.15, 0.2) is 0 Å². The molecule has 2 atom stereocenters. The van der Waals surface area contributed by atoms with Crippen LogP contribution < -0.4 is 0 Å². The third-order valence-corrected chi connectivity index (χ3v) is 5.66. The summed E-state index contributed by atoms with van der Waals surface area (Å²) in [4.78, 5) is 25.6. The largest absolute Gasteiger partial charge is 0.348 e. The molecule has 138 valence electrons. The molecule has 1 amide bonds. The van der Waals surface area contributed by atoms with Crippen LogP contribution >= 0.6 is 0 Å². The van der Waals surface area contributed by atoms with Crippen molar-refractivity contribution in [3.63, 3.8) is 0 Å². The van der Waals surface area contributed by atoms with Crippen LogP contribution in [0.4, 0.5) is 0 Å². The predicted molar refractivity (Wildman–Crippen MR) is 99.5 cm³/mol. The molecular weight excluding hydrogens is 314 g/mol. The fourth-order valence-corrected chi connectivity index (χ4v) is 4.02. The van der Waals surface area contributed by atoms with Gasteiger partial charge in [-0.1, -0.05) is 0 Å². The van der Waals surface area contributed by atoms with Gasteiger partial charge in [-0.2, -0.15) is 0 Å². The molecule has 0 radical (unpaired) electrons. The van der Waals surface area contributed by atoms with Crippen molar-refractivity contribution in [2.45, 2.75) is 24.9 Å². The number of carbonyl (C=O) groups is 1. The van der Waals surface area contributed by atoms with Crippen molar-refractivity contribution < 1.29 is 4.79 Å². The maximum Gasteiger partial charge on any atom is 0.236 e. The van der Waals surface area contributed by atoms with Crippen LogP contribution in [0.2, 0.25) is 0 Å². The Kier molecular flexibility index (Phi) is 6.04. The molecule has 6 heteroatoms. The monoisotopic (exact) mass is 345 g/mol. The van der Waals surface area contributed by atoms with Gasteiger partial charge in [-0.3, -0.25) is 19.6 Å². The smallest absolute Gasteiger partial charge is 0.236 e. The number of rotatable bonds is 5. The van der Waals surface area contributed by atoms with E-state index in [2.05, 4.69) is 38.9 Å². The van der Waals surface area contributed by atoms with Gasteiger partial charge in [0.1, 0.15) is 0 Å². The molecule has 0 bridgehead atoms. The van der Waals surface area contributed by atoms with Gasteiger partial charge in [-0.05, 0) is 37.6 Å². The quantitative estimate of drug-likeness (QED) is 0.773. The summed E-state index contributed by atoms with van der Waals surface area (Å²) in [5, 5.41) is 0. The third-order valence-electron chi connectivity index (χ3n) is 5.66. The minimum Gasteiger partial charge on any atom is -0.348 e. The number of piperazine rings is 1. The third kappa shape index (κ3) is 4.57. The van der Waals surface area contributed by atoms with Crippen molar-refractivity contribution >= 4 is 5.91 Å². The first-order chi connectivity index (χ1) is 12.0. The van der Waals surface area contributed by atoms with Gasteiger partial charge in [0.2, 0.25) is 5.91 Å². The Balaban J connectivity index is 1.73. The van der Waals surface area contributed by atoms with Crippen LogP contribution in [0.3, 0.4) is 0 Å². The van der Waals surface area contributed by atoms with Gasteiger partial charge < -0.3 is 9.80 Å². The molecule has 25 heavy (non-hydrogen) atoms. The van der Waals surface area contributed by atoms with Crippen LogP contribution in [0.25, 0.3) is 0 Å². The molecule has 0 saturated carbocycles. The summed E-state index contributed by atoms with van der Waals surface area (Å²) in [5.74, 6) is 0.193. The summed E-state index contributed by atoms with van der Waals surface area (Å²) in [6.45, 7) is 6.05. The molecule has 2 aliphatic heterocycles. The van der Waals surface area contributed by atoms with Crippen molar-refractivity contribution in [3.05, 3.63) is 30.1 Å². The Morgan fingerprint density at radius 2 is 1.84 bits per heavy atom. The van der Waals surface area contributed by atoms with Crippen LogP contribution in [0.5, 0.6) is 0 Å². The number of likely N-dealkylation sites (tertiary alicyclic amines) is 1. The second kappa shape index (κ2) is 8.25. The van der Waals surface area contributed by atoms with Gasteiger partial charge in [0, 0.05) is 71.3 Å². The van der Waals surface area contributed by atoms with Crippen LogP contribution in [0, 0.1) is 0 Å². The Morgan fingerprint density at radius 1 is 1.16 bits per heavy atom. The molecule has 1 aromatic rings. The average Bonchev–Trinajstić information content (AvgIpc) is 2.99. The Labute approximate surface area is 151 Å². The van der Waals surface area contributed by atoms with Crippen LogP contribution in [-0.4, -0.2) is 103 Å². The number of amides is 1. The molecule has 2 saturated heterocycles. The van der Waals surface area contributed by atoms with E-state index >= 15 is 0 Å². The summed E-state index contributed by atoms with van der Waals surface area (Å²) in [7, 11) is 5.88. The van der Waals surface area contributed by atoms with E-state index in [0.717, 1.165) is 45.6 Å². The highest BCUT2D eigenvalue weighted by Crippen LogP contribution is 2.27. The van der Waals surface area contributed by atoms with Gasteiger partial charge >= 0.3 is 0 Å². The van der Waals surface area contributed by atoms with E-state index in [1.807, 2.05) is 26.5 Å². The van der Waals surface area contributed by atoms with Crippen LogP contribution in [0.1, 0.15) is 12.0 Å². The highest BCUT2D eigenvalue weighted by atomic mass is 16.2. The minimum atomic E-state index is 0.193. The Hall–Kier alpha value is -1.50. The fourth-order valence-electron chi connectivity index (χ4n) is 4.02. The summed E-state index contributed by atoms with van der Waals surface area (Å²) >= 11 is 0. The average molecular weight is 345 g/mol. The normalized spacial score (nSPS) is 26.0.